The first kappa shape index (κ1) is 11.7. The van der Waals surface area contributed by atoms with Gasteiger partial charge < -0.3 is 11.5 Å². The number of hydrogen-bond donors (Lipinski definition) is 2. The van der Waals surface area contributed by atoms with Crippen LogP contribution in [0.5, 0.6) is 0 Å². The highest BCUT2D eigenvalue weighted by molar-refractivity contribution is 5.98. The zero-order chi connectivity index (χ0) is 9.30. The van der Waals surface area contributed by atoms with Crippen LogP contribution in [0.3, 0.4) is 0 Å². The number of rotatable bonds is 1. The molecule has 0 aromatic carbocycles. The molecule has 1 heterocycles. The molecule has 0 spiro atoms. The summed E-state index contributed by atoms with van der Waals surface area (Å²) in [6.45, 7) is 3.60. The molecule has 1 aromatic rings. The van der Waals surface area contributed by atoms with Crippen LogP contribution >= 0.6 is 12.4 Å². The molecule has 72 valence electrons. The number of primary amides is 1. The maximum Gasteiger partial charge on any atom is 0.252 e. The summed E-state index contributed by atoms with van der Waals surface area (Å²) in [6, 6.07) is 1.77. The van der Waals surface area contributed by atoms with E-state index < -0.39 is 5.91 Å². The second-order valence-electron chi connectivity index (χ2n) is 2.71. The molecular weight excluding hydrogens is 190 g/mol. The number of nitrogens with two attached hydrogens (primary N) is 2. The van der Waals surface area contributed by atoms with E-state index in [2.05, 4.69) is 4.98 Å². The molecule has 1 rings (SSSR count). The van der Waals surface area contributed by atoms with Crippen molar-refractivity contribution in [3.8, 4) is 0 Å². The Kier molecular flexibility index (Phi) is 3.69. The quantitative estimate of drug-likeness (QED) is 0.705. The van der Waals surface area contributed by atoms with E-state index in [1.165, 1.54) is 0 Å². The van der Waals surface area contributed by atoms with E-state index in [0.29, 0.717) is 5.56 Å². The van der Waals surface area contributed by atoms with Crippen molar-refractivity contribution in [1.29, 1.82) is 0 Å². The van der Waals surface area contributed by atoms with E-state index in [4.69, 9.17) is 11.5 Å². The van der Waals surface area contributed by atoms with Gasteiger partial charge >= 0.3 is 0 Å². The van der Waals surface area contributed by atoms with Gasteiger partial charge in [0.25, 0.3) is 5.91 Å². The minimum atomic E-state index is -0.530. The molecule has 0 aliphatic heterocycles. The lowest BCUT2D eigenvalue weighted by molar-refractivity contribution is 0.100. The van der Waals surface area contributed by atoms with Crippen LogP contribution in [0.2, 0.25) is 0 Å². The molecule has 1 amide bonds. The topological polar surface area (TPSA) is 82.0 Å². The van der Waals surface area contributed by atoms with E-state index in [0.717, 1.165) is 11.3 Å². The molecule has 0 bridgehead atoms. The zero-order valence-electron chi connectivity index (χ0n) is 7.50. The number of aromatic nitrogens is 1. The molecule has 5 heteroatoms. The molecule has 1 aromatic heterocycles. The fourth-order valence-corrected chi connectivity index (χ4v) is 1.19. The van der Waals surface area contributed by atoms with E-state index in [1.54, 1.807) is 13.0 Å². The van der Waals surface area contributed by atoms with Gasteiger partial charge in [0.1, 0.15) is 5.82 Å². The van der Waals surface area contributed by atoms with Gasteiger partial charge in [-0.05, 0) is 25.5 Å². The first-order valence-electron chi connectivity index (χ1n) is 3.56. The highest BCUT2D eigenvalue weighted by Crippen LogP contribution is 2.14. The van der Waals surface area contributed by atoms with Crippen molar-refractivity contribution >= 4 is 24.1 Å². The number of anilines is 1. The molecule has 0 aliphatic carbocycles. The lowest BCUT2D eigenvalue weighted by atomic mass is 10.1. The lowest BCUT2D eigenvalue weighted by Gasteiger charge is -2.05. The molecule has 0 saturated heterocycles. The summed E-state index contributed by atoms with van der Waals surface area (Å²) in [5, 5.41) is 0. The Bertz CT molecular complexity index is 315. The Balaban J connectivity index is 0.00000144. The Labute approximate surface area is 82.7 Å². The molecule has 0 atom stereocenters. The molecule has 0 aliphatic rings. The van der Waals surface area contributed by atoms with E-state index in [9.17, 15) is 4.79 Å². The van der Waals surface area contributed by atoms with E-state index in [1.807, 2.05) is 6.92 Å². The van der Waals surface area contributed by atoms with Crippen molar-refractivity contribution in [2.24, 2.45) is 5.73 Å². The lowest BCUT2D eigenvalue weighted by Crippen LogP contribution is -2.16. The number of aryl methyl sites for hydroxylation is 2. The average molecular weight is 202 g/mol. The summed E-state index contributed by atoms with van der Waals surface area (Å²) in [4.78, 5) is 14.8. The molecule has 0 fully saturated rings. The maximum atomic E-state index is 10.9. The second kappa shape index (κ2) is 4.09. The molecule has 0 unspecified atom stereocenters. The maximum absolute atomic E-state index is 10.9. The third-order valence-electron chi connectivity index (χ3n) is 1.62. The summed E-state index contributed by atoms with van der Waals surface area (Å²) in [7, 11) is 0. The van der Waals surface area contributed by atoms with E-state index in [-0.39, 0.29) is 18.2 Å². The number of carbonyl (C=O) groups excluding carboxylic acids is 1. The molecule has 0 saturated carbocycles. The van der Waals surface area contributed by atoms with Gasteiger partial charge in [0, 0.05) is 5.69 Å². The summed E-state index contributed by atoms with van der Waals surface area (Å²) in [5.41, 5.74) is 12.5. The van der Waals surface area contributed by atoms with Gasteiger partial charge in [-0.1, -0.05) is 0 Å². The van der Waals surface area contributed by atoms with Crippen molar-refractivity contribution < 1.29 is 4.79 Å². The second-order valence-corrected chi connectivity index (χ2v) is 2.71. The van der Waals surface area contributed by atoms with Gasteiger partial charge in [0.05, 0.1) is 5.56 Å². The van der Waals surface area contributed by atoms with Gasteiger partial charge in [-0.2, -0.15) is 0 Å². The van der Waals surface area contributed by atoms with Gasteiger partial charge in [-0.15, -0.1) is 12.4 Å². The van der Waals surface area contributed by atoms with Gasteiger partial charge in [-0.3, -0.25) is 4.79 Å². The van der Waals surface area contributed by atoms with Crippen LogP contribution in [0.4, 0.5) is 5.82 Å². The van der Waals surface area contributed by atoms with Crippen LogP contribution < -0.4 is 11.5 Å². The first-order chi connectivity index (χ1) is 5.52. The minimum absolute atomic E-state index is 0. The first-order valence-corrected chi connectivity index (χ1v) is 3.56. The van der Waals surface area contributed by atoms with Crippen LogP contribution in [0.1, 0.15) is 21.6 Å². The Hall–Kier alpha value is -1.29. The summed E-state index contributed by atoms with van der Waals surface area (Å²) >= 11 is 0. The van der Waals surface area contributed by atoms with Crippen molar-refractivity contribution in [2.45, 2.75) is 13.8 Å². The fraction of sp³-hybridized carbons (Fsp3) is 0.250. The highest BCUT2D eigenvalue weighted by Gasteiger charge is 2.10. The third-order valence-corrected chi connectivity index (χ3v) is 1.62. The number of pyridine rings is 1. The van der Waals surface area contributed by atoms with Gasteiger partial charge in [0.2, 0.25) is 0 Å². The van der Waals surface area contributed by atoms with Gasteiger partial charge in [0.15, 0.2) is 0 Å². The number of carbonyl (C=O) groups is 1. The Morgan fingerprint density at radius 3 is 2.38 bits per heavy atom. The van der Waals surface area contributed by atoms with Crippen molar-refractivity contribution in [2.75, 3.05) is 5.73 Å². The van der Waals surface area contributed by atoms with Crippen molar-refractivity contribution in [3.63, 3.8) is 0 Å². The highest BCUT2D eigenvalue weighted by atomic mass is 35.5. The molecule has 4 nitrogen and oxygen atoms in total. The van der Waals surface area contributed by atoms with Crippen LogP contribution in [0.25, 0.3) is 0 Å². The largest absolute Gasteiger partial charge is 0.383 e. The predicted molar refractivity (Wildman–Crippen MR) is 53.9 cm³/mol. The molecular formula is C8H12ClN3O. The normalized spacial score (nSPS) is 9.08. The summed E-state index contributed by atoms with van der Waals surface area (Å²) < 4.78 is 0. The Morgan fingerprint density at radius 1 is 1.46 bits per heavy atom. The zero-order valence-corrected chi connectivity index (χ0v) is 8.31. The monoisotopic (exact) mass is 201 g/mol. The third kappa shape index (κ3) is 2.32. The fourth-order valence-electron chi connectivity index (χ4n) is 1.19. The Morgan fingerprint density at radius 2 is 2.00 bits per heavy atom. The molecule has 4 N–H and O–H groups in total. The average Bonchev–Trinajstić information content (AvgIpc) is 1.82. The summed E-state index contributed by atoms with van der Waals surface area (Å²) in [5.74, 6) is -0.322. The minimum Gasteiger partial charge on any atom is -0.383 e. The van der Waals surface area contributed by atoms with Crippen LogP contribution in [-0.2, 0) is 0 Å². The summed E-state index contributed by atoms with van der Waals surface area (Å²) in [6.07, 6.45) is 0. The number of halogens is 1. The number of hydrogen-bond acceptors (Lipinski definition) is 3. The number of nitrogen functional groups attached to an aromatic ring is 1. The molecule has 0 radical (unpaired) electrons. The van der Waals surface area contributed by atoms with Crippen molar-refractivity contribution in [1.82, 2.24) is 4.98 Å². The van der Waals surface area contributed by atoms with Crippen LogP contribution in [0.15, 0.2) is 6.07 Å². The smallest absolute Gasteiger partial charge is 0.252 e. The number of nitrogens with zero attached hydrogens (tertiary/aromatic N) is 1. The molecule has 13 heavy (non-hydrogen) atoms. The SMILES string of the molecule is Cc1cc(C)c(C(N)=O)c(N)n1.Cl. The van der Waals surface area contributed by atoms with Gasteiger partial charge in [-0.25, -0.2) is 4.98 Å². The van der Waals surface area contributed by atoms with E-state index >= 15 is 0 Å². The van der Waals surface area contributed by atoms with Crippen LogP contribution in [0, 0.1) is 13.8 Å². The predicted octanol–water partition coefficient (Wildman–Crippen LogP) is 0.801. The van der Waals surface area contributed by atoms with Crippen molar-refractivity contribution in [3.05, 3.63) is 22.9 Å². The standard InChI is InChI=1S/C8H11N3O.ClH/c1-4-3-5(2)11-7(9)6(4)8(10)12;/h3H,1-2H3,(H2,9,11)(H2,10,12);1H. The van der Waals surface area contributed by atoms with Crippen LogP contribution in [-0.4, -0.2) is 10.9 Å². The number of amides is 1.